The van der Waals surface area contributed by atoms with Gasteiger partial charge in [0.25, 0.3) is 0 Å². The van der Waals surface area contributed by atoms with Crippen LogP contribution in [0.15, 0.2) is 0 Å². The standard InChI is InChI=1S/C14H28O6Si/c1-15-21(16-2,7-3-5-17-9-13-11-19-13)8-4-6-18-10-14-12-20-14/h13-14H,3-12H2,1-2H3. The minimum Gasteiger partial charge on any atom is -0.398 e. The monoisotopic (exact) mass is 320 g/mol. The van der Waals surface area contributed by atoms with Gasteiger partial charge in [0.1, 0.15) is 12.2 Å². The molecule has 2 unspecified atom stereocenters. The van der Waals surface area contributed by atoms with Gasteiger partial charge in [-0.2, -0.15) is 0 Å². The number of hydrogen-bond donors (Lipinski definition) is 0. The highest BCUT2D eigenvalue weighted by atomic mass is 28.4. The van der Waals surface area contributed by atoms with Gasteiger partial charge < -0.3 is 27.8 Å². The SMILES string of the molecule is CO[Si](CCCOCC1CO1)(CCCOCC1CO1)OC. The molecule has 2 saturated heterocycles. The fraction of sp³-hybridized carbons (Fsp3) is 1.00. The zero-order valence-corrected chi connectivity index (χ0v) is 14.2. The minimum atomic E-state index is -2.09. The van der Waals surface area contributed by atoms with Crippen molar-refractivity contribution in [3.63, 3.8) is 0 Å². The number of ether oxygens (including phenoxy) is 4. The third kappa shape index (κ3) is 7.18. The Bertz CT molecular complexity index is 255. The van der Waals surface area contributed by atoms with Gasteiger partial charge in [0.05, 0.1) is 26.4 Å². The van der Waals surface area contributed by atoms with E-state index in [-0.39, 0.29) is 0 Å². The Morgan fingerprint density at radius 1 is 0.857 bits per heavy atom. The summed E-state index contributed by atoms with van der Waals surface area (Å²) in [5.74, 6) is 0. The van der Waals surface area contributed by atoms with E-state index in [2.05, 4.69) is 0 Å². The second kappa shape index (κ2) is 9.19. The van der Waals surface area contributed by atoms with Gasteiger partial charge in [-0.25, -0.2) is 0 Å². The maximum Gasteiger partial charge on any atom is 0.337 e. The molecule has 0 aromatic carbocycles. The maximum absolute atomic E-state index is 5.72. The van der Waals surface area contributed by atoms with Crippen molar-refractivity contribution in [2.75, 3.05) is 53.9 Å². The third-order valence-corrected chi connectivity index (χ3v) is 7.57. The molecule has 2 rings (SSSR count). The topological polar surface area (TPSA) is 62.0 Å². The van der Waals surface area contributed by atoms with Crippen molar-refractivity contribution in [1.29, 1.82) is 0 Å². The van der Waals surface area contributed by atoms with Crippen LogP contribution in [0, 0.1) is 0 Å². The van der Waals surface area contributed by atoms with Crippen molar-refractivity contribution in [3.05, 3.63) is 0 Å². The van der Waals surface area contributed by atoms with E-state index in [1.165, 1.54) is 0 Å². The quantitative estimate of drug-likeness (QED) is 0.273. The van der Waals surface area contributed by atoms with Gasteiger partial charge >= 0.3 is 8.56 Å². The van der Waals surface area contributed by atoms with Crippen molar-refractivity contribution in [3.8, 4) is 0 Å². The van der Waals surface area contributed by atoms with E-state index in [0.717, 1.165) is 51.4 Å². The average molecular weight is 320 g/mol. The summed E-state index contributed by atoms with van der Waals surface area (Å²) in [6.07, 6.45) is 2.61. The van der Waals surface area contributed by atoms with Gasteiger partial charge in [0.2, 0.25) is 0 Å². The summed E-state index contributed by atoms with van der Waals surface area (Å²) in [6, 6.07) is 1.91. The average Bonchev–Trinajstić information content (AvgIpc) is 3.38. The van der Waals surface area contributed by atoms with Crippen LogP contribution >= 0.6 is 0 Å². The molecular formula is C14H28O6Si. The molecule has 2 atom stereocenters. The van der Waals surface area contributed by atoms with Crippen LogP contribution < -0.4 is 0 Å². The number of rotatable bonds is 14. The second-order valence-electron chi connectivity index (χ2n) is 5.59. The molecule has 0 aliphatic carbocycles. The zero-order chi connectivity index (χ0) is 15.0. The van der Waals surface area contributed by atoms with E-state index < -0.39 is 8.56 Å². The first-order chi connectivity index (χ1) is 10.3. The first kappa shape index (κ1) is 17.3. The summed E-state index contributed by atoms with van der Waals surface area (Å²) in [5, 5.41) is 0. The lowest BCUT2D eigenvalue weighted by Gasteiger charge is -2.27. The zero-order valence-electron chi connectivity index (χ0n) is 13.2. The molecule has 2 aliphatic heterocycles. The molecule has 6 nitrogen and oxygen atoms in total. The van der Waals surface area contributed by atoms with E-state index in [9.17, 15) is 0 Å². The lowest BCUT2D eigenvalue weighted by Crippen LogP contribution is -2.40. The van der Waals surface area contributed by atoms with Crippen molar-refractivity contribution >= 4 is 8.56 Å². The molecule has 0 N–H and O–H groups in total. The predicted octanol–water partition coefficient (Wildman–Crippen LogP) is 1.33. The first-order valence-electron chi connectivity index (χ1n) is 7.77. The summed E-state index contributed by atoms with van der Waals surface area (Å²) >= 11 is 0. The third-order valence-electron chi connectivity index (χ3n) is 3.85. The first-order valence-corrected chi connectivity index (χ1v) is 10.00. The molecule has 0 aromatic heterocycles. The Labute approximate surface area is 128 Å². The van der Waals surface area contributed by atoms with E-state index in [0.29, 0.717) is 25.4 Å². The molecule has 0 spiro atoms. The molecule has 7 heteroatoms. The normalized spacial score (nSPS) is 24.3. The lowest BCUT2D eigenvalue weighted by atomic mass is 10.5. The van der Waals surface area contributed by atoms with Crippen LogP contribution in [0.2, 0.25) is 12.1 Å². The highest BCUT2D eigenvalue weighted by Crippen LogP contribution is 2.22. The maximum atomic E-state index is 5.72. The van der Waals surface area contributed by atoms with Gasteiger partial charge in [0, 0.05) is 27.4 Å². The largest absolute Gasteiger partial charge is 0.398 e. The van der Waals surface area contributed by atoms with Crippen LogP contribution in [0.4, 0.5) is 0 Å². The van der Waals surface area contributed by atoms with Crippen LogP contribution in [0.25, 0.3) is 0 Å². The van der Waals surface area contributed by atoms with E-state index in [1.807, 2.05) is 0 Å². The summed E-state index contributed by atoms with van der Waals surface area (Å²) in [7, 11) is 1.43. The molecule has 0 radical (unpaired) electrons. The Balaban J connectivity index is 1.52. The number of epoxide rings is 2. The second-order valence-corrected chi connectivity index (χ2v) is 9.22. The van der Waals surface area contributed by atoms with Gasteiger partial charge in [-0.3, -0.25) is 0 Å². The molecule has 21 heavy (non-hydrogen) atoms. The molecule has 124 valence electrons. The molecule has 2 heterocycles. The van der Waals surface area contributed by atoms with Gasteiger partial charge in [-0.05, 0) is 24.9 Å². The smallest absolute Gasteiger partial charge is 0.337 e. The molecule has 2 fully saturated rings. The number of hydrogen-bond acceptors (Lipinski definition) is 6. The van der Waals surface area contributed by atoms with E-state index in [1.54, 1.807) is 14.2 Å². The van der Waals surface area contributed by atoms with Gasteiger partial charge in [-0.15, -0.1) is 0 Å². The fourth-order valence-corrected chi connectivity index (χ4v) is 4.86. The highest BCUT2D eigenvalue weighted by molar-refractivity contribution is 6.67. The van der Waals surface area contributed by atoms with Crippen molar-refractivity contribution in [1.82, 2.24) is 0 Å². The van der Waals surface area contributed by atoms with Crippen molar-refractivity contribution in [2.45, 2.75) is 37.1 Å². The van der Waals surface area contributed by atoms with Gasteiger partial charge in [0.15, 0.2) is 0 Å². The Kier molecular flexibility index (Phi) is 7.59. The molecule has 2 aliphatic rings. The van der Waals surface area contributed by atoms with Crippen LogP contribution in [0.5, 0.6) is 0 Å². The molecule has 0 amide bonds. The Morgan fingerprint density at radius 2 is 1.29 bits per heavy atom. The van der Waals surface area contributed by atoms with E-state index in [4.69, 9.17) is 27.8 Å². The van der Waals surface area contributed by atoms with Crippen LogP contribution in [0.1, 0.15) is 12.8 Å². The molecule has 0 saturated carbocycles. The van der Waals surface area contributed by atoms with Crippen LogP contribution in [-0.4, -0.2) is 74.6 Å². The molecular weight excluding hydrogens is 292 g/mol. The van der Waals surface area contributed by atoms with Crippen molar-refractivity contribution < 1.29 is 27.8 Å². The fourth-order valence-electron chi connectivity index (χ4n) is 2.26. The Hall–Kier alpha value is -0.0231. The highest BCUT2D eigenvalue weighted by Gasteiger charge is 2.34. The summed E-state index contributed by atoms with van der Waals surface area (Å²) in [6.45, 7) is 4.62. The Morgan fingerprint density at radius 3 is 1.62 bits per heavy atom. The minimum absolute atomic E-state index is 0.337. The van der Waals surface area contributed by atoms with Gasteiger partial charge in [-0.1, -0.05) is 0 Å². The lowest BCUT2D eigenvalue weighted by molar-refractivity contribution is 0.111. The summed E-state index contributed by atoms with van der Waals surface area (Å²) in [5.41, 5.74) is 0. The molecule has 0 bridgehead atoms. The summed E-state index contributed by atoms with van der Waals surface area (Å²) in [4.78, 5) is 0. The van der Waals surface area contributed by atoms with Crippen LogP contribution in [-0.2, 0) is 27.8 Å². The van der Waals surface area contributed by atoms with Crippen molar-refractivity contribution in [2.24, 2.45) is 0 Å². The summed E-state index contributed by atoms with van der Waals surface area (Å²) < 4.78 is 32.8. The van der Waals surface area contributed by atoms with E-state index >= 15 is 0 Å². The predicted molar refractivity (Wildman–Crippen MR) is 79.7 cm³/mol. The van der Waals surface area contributed by atoms with Crippen LogP contribution in [0.3, 0.4) is 0 Å². The molecule has 0 aromatic rings.